The second kappa shape index (κ2) is 7.88. The molecular weight excluding hydrogens is 324 g/mol. The fraction of sp³-hybridized carbons (Fsp3) is 0.222. The van der Waals surface area contributed by atoms with Crippen LogP contribution in [0.3, 0.4) is 0 Å². The van der Waals surface area contributed by atoms with Crippen molar-refractivity contribution in [1.29, 1.82) is 0 Å². The van der Waals surface area contributed by atoms with E-state index in [1.165, 1.54) is 0 Å². The highest BCUT2D eigenvalue weighted by atomic mass is 32.2. The Labute approximate surface area is 143 Å². The Balaban J connectivity index is 1.94. The normalized spacial score (nSPS) is 11.6. The molecule has 0 unspecified atom stereocenters. The number of carbonyl (C=O) groups is 2. The second-order valence-corrected chi connectivity index (χ2v) is 6.97. The van der Waals surface area contributed by atoms with E-state index in [2.05, 4.69) is 10.6 Å². The molecule has 0 spiro atoms. The average Bonchev–Trinajstić information content (AvgIpc) is 2.52. The Morgan fingerprint density at radius 1 is 1.04 bits per heavy atom. The molecule has 0 radical (unpaired) electrons. The first kappa shape index (κ1) is 17.9. The maximum atomic E-state index is 12.1. The van der Waals surface area contributed by atoms with E-state index < -0.39 is 10.8 Å². The number of amides is 2. The lowest BCUT2D eigenvalue weighted by atomic mass is 10.1. The third-order valence-electron chi connectivity index (χ3n) is 3.34. The van der Waals surface area contributed by atoms with Gasteiger partial charge in [0, 0.05) is 33.2 Å². The minimum Gasteiger partial charge on any atom is -0.343 e. The standard InChI is InChI=1S/C18H20N2O3S/c1-12-7-13(2)9-14(8-12)18(22)19-11-17(21)20-15-5-4-6-16(10-15)24(3)23/h4-10H,11H2,1-3H3,(H,19,22)(H,20,21)/t24-/m1/s1. The topological polar surface area (TPSA) is 75.3 Å². The number of carbonyl (C=O) groups excluding carboxylic acids is 2. The zero-order valence-corrected chi connectivity index (χ0v) is 14.7. The first-order valence-electron chi connectivity index (χ1n) is 7.45. The SMILES string of the molecule is Cc1cc(C)cc(C(=O)NCC(=O)Nc2cccc([S@@](C)=O)c2)c1. The highest BCUT2D eigenvalue weighted by Gasteiger charge is 2.09. The van der Waals surface area contributed by atoms with Crippen molar-refractivity contribution in [3.05, 3.63) is 59.2 Å². The van der Waals surface area contributed by atoms with Gasteiger partial charge in [-0.1, -0.05) is 23.3 Å². The molecule has 1 atom stereocenters. The van der Waals surface area contributed by atoms with Crippen molar-refractivity contribution in [3.63, 3.8) is 0 Å². The molecule has 0 heterocycles. The average molecular weight is 344 g/mol. The molecular formula is C18H20N2O3S. The van der Waals surface area contributed by atoms with Crippen LogP contribution in [-0.4, -0.2) is 28.8 Å². The number of nitrogens with one attached hydrogen (secondary N) is 2. The summed E-state index contributed by atoms with van der Waals surface area (Å²) in [5.74, 6) is -0.632. The molecule has 0 aliphatic carbocycles. The summed E-state index contributed by atoms with van der Waals surface area (Å²) in [6, 6.07) is 12.3. The zero-order valence-electron chi connectivity index (χ0n) is 13.9. The second-order valence-electron chi connectivity index (χ2n) is 5.59. The number of aryl methyl sites for hydroxylation is 2. The highest BCUT2D eigenvalue weighted by Crippen LogP contribution is 2.13. The molecule has 126 valence electrons. The smallest absolute Gasteiger partial charge is 0.251 e. The van der Waals surface area contributed by atoms with Gasteiger partial charge in [0.15, 0.2) is 0 Å². The molecule has 6 heteroatoms. The van der Waals surface area contributed by atoms with E-state index in [1.807, 2.05) is 19.9 Å². The van der Waals surface area contributed by atoms with Crippen molar-refractivity contribution in [2.24, 2.45) is 0 Å². The number of benzene rings is 2. The number of hydrogen-bond donors (Lipinski definition) is 2. The largest absolute Gasteiger partial charge is 0.343 e. The van der Waals surface area contributed by atoms with Crippen LogP contribution < -0.4 is 10.6 Å². The first-order chi connectivity index (χ1) is 11.3. The van der Waals surface area contributed by atoms with E-state index >= 15 is 0 Å². The van der Waals surface area contributed by atoms with Gasteiger partial charge in [-0.25, -0.2) is 0 Å². The molecule has 2 rings (SSSR count). The summed E-state index contributed by atoms with van der Waals surface area (Å²) in [6.07, 6.45) is 1.57. The van der Waals surface area contributed by atoms with Gasteiger partial charge in [0.05, 0.1) is 6.54 Å². The van der Waals surface area contributed by atoms with Crippen LogP contribution in [0.25, 0.3) is 0 Å². The van der Waals surface area contributed by atoms with Crippen molar-refractivity contribution in [3.8, 4) is 0 Å². The quantitative estimate of drug-likeness (QED) is 0.875. The van der Waals surface area contributed by atoms with E-state index in [1.54, 1.807) is 42.7 Å². The van der Waals surface area contributed by atoms with Crippen molar-refractivity contribution in [2.45, 2.75) is 18.7 Å². The Morgan fingerprint density at radius 3 is 2.33 bits per heavy atom. The van der Waals surface area contributed by atoms with Crippen LogP contribution in [0, 0.1) is 13.8 Å². The molecule has 2 N–H and O–H groups in total. The first-order valence-corrected chi connectivity index (χ1v) is 9.01. The van der Waals surface area contributed by atoms with Gasteiger partial charge < -0.3 is 10.6 Å². The van der Waals surface area contributed by atoms with Crippen LogP contribution >= 0.6 is 0 Å². The third kappa shape index (κ3) is 5.03. The molecule has 0 fully saturated rings. The van der Waals surface area contributed by atoms with Crippen LogP contribution in [0.4, 0.5) is 5.69 Å². The van der Waals surface area contributed by atoms with Crippen LogP contribution in [0.5, 0.6) is 0 Å². The minimum atomic E-state index is -1.12. The van der Waals surface area contributed by atoms with Gasteiger partial charge in [-0.05, 0) is 44.2 Å². The maximum Gasteiger partial charge on any atom is 0.251 e. The van der Waals surface area contributed by atoms with Gasteiger partial charge in [0.1, 0.15) is 0 Å². The Kier molecular flexibility index (Phi) is 5.87. The third-order valence-corrected chi connectivity index (χ3v) is 4.26. The van der Waals surface area contributed by atoms with Crippen LogP contribution in [0.1, 0.15) is 21.5 Å². The monoisotopic (exact) mass is 344 g/mol. The lowest BCUT2D eigenvalue weighted by Crippen LogP contribution is -2.32. The number of anilines is 1. The van der Waals surface area contributed by atoms with Gasteiger partial charge in [-0.3, -0.25) is 13.8 Å². The van der Waals surface area contributed by atoms with E-state index in [0.29, 0.717) is 16.1 Å². The lowest BCUT2D eigenvalue weighted by Gasteiger charge is -2.09. The van der Waals surface area contributed by atoms with E-state index in [0.717, 1.165) is 11.1 Å². The van der Waals surface area contributed by atoms with Gasteiger partial charge in [-0.15, -0.1) is 0 Å². The summed E-state index contributed by atoms with van der Waals surface area (Å²) >= 11 is 0. The summed E-state index contributed by atoms with van der Waals surface area (Å²) in [5, 5.41) is 5.28. The molecule has 24 heavy (non-hydrogen) atoms. The van der Waals surface area contributed by atoms with Gasteiger partial charge in [0.25, 0.3) is 5.91 Å². The summed E-state index contributed by atoms with van der Waals surface area (Å²) < 4.78 is 11.5. The Hall–Kier alpha value is -2.47. The minimum absolute atomic E-state index is 0.134. The molecule has 0 saturated heterocycles. The molecule has 0 saturated carbocycles. The Bertz CT molecular complexity index is 782. The van der Waals surface area contributed by atoms with Crippen LogP contribution in [0.15, 0.2) is 47.4 Å². The molecule has 0 aromatic heterocycles. The summed E-state index contributed by atoms with van der Waals surface area (Å²) in [4.78, 5) is 24.7. The van der Waals surface area contributed by atoms with Crippen molar-refractivity contribution in [2.75, 3.05) is 18.1 Å². The predicted octanol–water partition coefficient (Wildman–Crippen LogP) is 2.41. The molecule has 0 aliphatic heterocycles. The summed E-state index contributed by atoms with van der Waals surface area (Å²) in [6.45, 7) is 3.70. The van der Waals surface area contributed by atoms with Crippen molar-refractivity contribution < 1.29 is 13.8 Å². The van der Waals surface area contributed by atoms with Gasteiger partial charge in [-0.2, -0.15) is 0 Å². The van der Waals surface area contributed by atoms with Gasteiger partial charge >= 0.3 is 0 Å². The molecule has 0 aliphatic rings. The summed E-state index contributed by atoms with van der Waals surface area (Å²) in [5.41, 5.74) is 3.07. The van der Waals surface area contributed by atoms with Crippen molar-refractivity contribution >= 4 is 28.3 Å². The van der Waals surface area contributed by atoms with Crippen LogP contribution in [-0.2, 0) is 15.6 Å². The predicted molar refractivity (Wildman–Crippen MR) is 95.7 cm³/mol. The Morgan fingerprint density at radius 2 is 1.71 bits per heavy atom. The summed E-state index contributed by atoms with van der Waals surface area (Å²) in [7, 11) is -1.12. The maximum absolute atomic E-state index is 12.1. The fourth-order valence-corrected chi connectivity index (χ4v) is 2.89. The number of rotatable bonds is 5. The van der Waals surface area contributed by atoms with E-state index in [9.17, 15) is 13.8 Å². The highest BCUT2D eigenvalue weighted by molar-refractivity contribution is 7.84. The fourth-order valence-electron chi connectivity index (χ4n) is 2.33. The molecule has 5 nitrogen and oxygen atoms in total. The zero-order chi connectivity index (χ0) is 17.7. The molecule has 2 aromatic rings. The van der Waals surface area contributed by atoms with E-state index in [4.69, 9.17) is 0 Å². The van der Waals surface area contributed by atoms with Gasteiger partial charge in [0.2, 0.25) is 5.91 Å². The van der Waals surface area contributed by atoms with Crippen LogP contribution in [0.2, 0.25) is 0 Å². The molecule has 2 amide bonds. The molecule has 2 aromatic carbocycles. The van der Waals surface area contributed by atoms with Crippen molar-refractivity contribution in [1.82, 2.24) is 5.32 Å². The van der Waals surface area contributed by atoms with E-state index in [-0.39, 0.29) is 18.4 Å². The lowest BCUT2D eigenvalue weighted by molar-refractivity contribution is -0.115. The number of hydrogen-bond acceptors (Lipinski definition) is 3. The molecule has 0 bridgehead atoms.